The van der Waals surface area contributed by atoms with E-state index in [1.165, 1.54) is 0 Å². The van der Waals surface area contributed by atoms with Crippen LogP contribution in [0.3, 0.4) is 0 Å². The lowest BCUT2D eigenvalue weighted by Crippen LogP contribution is -2.24. The van der Waals surface area contributed by atoms with Gasteiger partial charge in [0, 0.05) is 10.8 Å². The molecule has 6 rings (SSSR count). The minimum Gasteiger partial charge on any atom is -0.285 e. The molecule has 27 heavy (non-hydrogen) atoms. The van der Waals surface area contributed by atoms with Gasteiger partial charge in [0.2, 0.25) is 10.9 Å². The first-order chi connectivity index (χ1) is 13.1. The lowest BCUT2D eigenvalue weighted by molar-refractivity contribution is 1.55. The normalized spacial score (nSPS) is 12.2. The highest BCUT2D eigenvalue weighted by molar-refractivity contribution is 6.39. The Kier molecular flexibility index (Phi) is 2.72. The molecule has 0 aliphatic rings. The van der Waals surface area contributed by atoms with Gasteiger partial charge in [-0.15, -0.1) is 0 Å². The van der Waals surface area contributed by atoms with Crippen molar-refractivity contribution in [1.82, 2.24) is 0 Å². The molecular formula is C24H11ClO2. The van der Waals surface area contributed by atoms with E-state index in [9.17, 15) is 9.59 Å². The van der Waals surface area contributed by atoms with Crippen LogP contribution in [0, 0.1) is 0 Å². The van der Waals surface area contributed by atoms with Crippen molar-refractivity contribution in [3.8, 4) is 0 Å². The van der Waals surface area contributed by atoms with Crippen LogP contribution in [0.25, 0.3) is 53.9 Å². The highest BCUT2D eigenvalue weighted by atomic mass is 35.5. The number of fused-ring (bicyclic) bond motifs is 5. The Labute approximate surface area is 157 Å². The van der Waals surface area contributed by atoms with Gasteiger partial charge in [-0.3, -0.25) is 9.59 Å². The summed E-state index contributed by atoms with van der Waals surface area (Å²) in [7, 11) is 0. The average Bonchev–Trinajstić information content (AvgIpc) is 2.70. The Morgan fingerprint density at radius 3 is 2.15 bits per heavy atom. The van der Waals surface area contributed by atoms with Gasteiger partial charge in [-0.05, 0) is 55.2 Å². The Morgan fingerprint density at radius 2 is 1.26 bits per heavy atom. The van der Waals surface area contributed by atoms with Crippen molar-refractivity contribution >= 4 is 65.5 Å². The molecule has 0 atom stereocenters. The average molecular weight is 367 g/mol. The lowest BCUT2D eigenvalue weighted by atomic mass is 9.86. The van der Waals surface area contributed by atoms with Crippen molar-refractivity contribution < 1.29 is 0 Å². The molecule has 126 valence electrons. The molecule has 0 aromatic heterocycles. The Morgan fingerprint density at radius 1 is 0.519 bits per heavy atom. The molecule has 0 N–H and O–H groups in total. The molecule has 0 fully saturated rings. The van der Waals surface area contributed by atoms with Gasteiger partial charge >= 0.3 is 0 Å². The topological polar surface area (TPSA) is 34.1 Å². The first-order valence-corrected chi connectivity index (χ1v) is 9.11. The van der Waals surface area contributed by atoms with Crippen LogP contribution in [-0.4, -0.2) is 0 Å². The lowest BCUT2D eigenvalue weighted by Gasteiger charge is -2.16. The molecule has 2 nitrogen and oxygen atoms in total. The summed E-state index contributed by atoms with van der Waals surface area (Å²) in [6.07, 6.45) is 0. The smallest absolute Gasteiger partial charge is 0.244 e. The molecule has 0 heterocycles. The van der Waals surface area contributed by atoms with Crippen LogP contribution in [0.15, 0.2) is 76.3 Å². The van der Waals surface area contributed by atoms with E-state index < -0.39 is 10.9 Å². The molecule has 0 unspecified atom stereocenters. The van der Waals surface area contributed by atoms with Crippen molar-refractivity contribution in [2.24, 2.45) is 0 Å². The molecule has 0 aliphatic carbocycles. The predicted molar refractivity (Wildman–Crippen MR) is 114 cm³/mol. The van der Waals surface area contributed by atoms with Crippen LogP contribution in [0.4, 0.5) is 0 Å². The molecule has 6 aromatic rings. The number of hydrogen-bond donors (Lipinski definition) is 0. The molecule has 0 bridgehead atoms. The Bertz CT molecular complexity index is 1670. The zero-order chi connectivity index (χ0) is 18.3. The van der Waals surface area contributed by atoms with Crippen molar-refractivity contribution in [2.75, 3.05) is 0 Å². The van der Waals surface area contributed by atoms with Gasteiger partial charge in [-0.1, -0.05) is 66.2 Å². The van der Waals surface area contributed by atoms with Gasteiger partial charge in [0.1, 0.15) is 0 Å². The zero-order valence-electron chi connectivity index (χ0n) is 14.0. The van der Waals surface area contributed by atoms with Gasteiger partial charge in [-0.25, -0.2) is 0 Å². The fourth-order valence-electron chi connectivity index (χ4n) is 4.49. The maximum Gasteiger partial charge on any atom is 0.244 e. The largest absolute Gasteiger partial charge is 0.285 e. The summed E-state index contributed by atoms with van der Waals surface area (Å²) in [5.74, 6) is 0. The van der Waals surface area contributed by atoms with Gasteiger partial charge in [0.05, 0.1) is 5.02 Å². The summed E-state index contributed by atoms with van der Waals surface area (Å²) in [6, 6.07) is 22.0. The van der Waals surface area contributed by atoms with E-state index in [1.807, 2.05) is 36.4 Å². The standard InChI is InChI=1S/C24H11ClO2/c25-18-11-17-16-7-3-5-12-8-9-14-10-13-4-1-2-6-15(13)21(20(14)19(12)16)22(17)24(27)23(18)26/h1-11H. The van der Waals surface area contributed by atoms with Crippen molar-refractivity contribution in [3.05, 3.63) is 92.2 Å². The van der Waals surface area contributed by atoms with Gasteiger partial charge < -0.3 is 0 Å². The molecule has 3 heteroatoms. The minimum atomic E-state index is -0.636. The fourth-order valence-corrected chi connectivity index (χ4v) is 4.69. The monoisotopic (exact) mass is 366 g/mol. The second kappa shape index (κ2) is 4.93. The van der Waals surface area contributed by atoms with Gasteiger partial charge in [0.25, 0.3) is 0 Å². The summed E-state index contributed by atoms with van der Waals surface area (Å²) in [4.78, 5) is 25.5. The van der Waals surface area contributed by atoms with Crippen LogP contribution in [0.1, 0.15) is 0 Å². The van der Waals surface area contributed by atoms with E-state index >= 15 is 0 Å². The number of rotatable bonds is 0. The first-order valence-electron chi connectivity index (χ1n) is 8.73. The minimum absolute atomic E-state index is 0.0217. The quantitative estimate of drug-likeness (QED) is 0.196. The van der Waals surface area contributed by atoms with E-state index in [0.717, 1.165) is 48.5 Å². The highest BCUT2D eigenvalue weighted by Gasteiger charge is 2.19. The van der Waals surface area contributed by atoms with E-state index in [-0.39, 0.29) is 5.02 Å². The summed E-state index contributed by atoms with van der Waals surface area (Å²) in [5.41, 5.74) is -1.16. The molecule has 0 spiro atoms. The highest BCUT2D eigenvalue weighted by Crippen LogP contribution is 2.42. The van der Waals surface area contributed by atoms with Crippen LogP contribution < -0.4 is 10.9 Å². The van der Waals surface area contributed by atoms with Crippen LogP contribution >= 0.6 is 11.6 Å². The number of hydrogen-bond acceptors (Lipinski definition) is 2. The Balaban J connectivity index is 2.18. The number of halogens is 1. The molecule has 0 saturated heterocycles. The van der Waals surface area contributed by atoms with Gasteiger partial charge in [0.15, 0.2) is 0 Å². The first kappa shape index (κ1) is 14.9. The van der Waals surface area contributed by atoms with Gasteiger partial charge in [-0.2, -0.15) is 0 Å². The fraction of sp³-hybridized carbons (Fsp3) is 0. The second-order valence-electron chi connectivity index (χ2n) is 6.98. The predicted octanol–water partition coefficient (Wildman–Crippen LogP) is 5.70. The van der Waals surface area contributed by atoms with E-state index in [2.05, 4.69) is 24.3 Å². The second-order valence-corrected chi connectivity index (χ2v) is 7.39. The molecule has 0 radical (unpaired) electrons. The van der Waals surface area contributed by atoms with Crippen LogP contribution in [-0.2, 0) is 0 Å². The van der Waals surface area contributed by atoms with Crippen LogP contribution in [0.2, 0.25) is 5.02 Å². The van der Waals surface area contributed by atoms with Crippen molar-refractivity contribution in [2.45, 2.75) is 0 Å². The van der Waals surface area contributed by atoms with Crippen LogP contribution in [0.5, 0.6) is 0 Å². The summed E-state index contributed by atoms with van der Waals surface area (Å²) < 4.78 is 0. The van der Waals surface area contributed by atoms with Crippen molar-refractivity contribution in [1.29, 1.82) is 0 Å². The summed E-state index contributed by atoms with van der Waals surface area (Å²) >= 11 is 6.12. The third-order valence-electron chi connectivity index (χ3n) is 5.60. The third kappa shape index (κ3) is 1.76. The number of benzene rings is 6. The Hall–Kier alpha value is -3.23. The maximum absolute atomic E-state index is 13.0. The van der Waals surface area contributed by atoms with E-state index in [1.54, 1.807) is 6.07 Å². The van der Waals surface area contributed by atoms with E-state index in [4.69, 9.17) is 11.6 Å². The SMILES string of the molecule is O=c1c(Cl)cc2c3cccc4ccc5cc6ccccc6c(c2c1=O)c5c43. The molecule has 0 amide bonds. The molecule has 6 aromatic carbocycles. The molecule has 0 aliphatic heterocycles. The van der Waals surface area contributed by atoms with E-state index in [0.29, 0.717) is 5.39 Å². The third-order valence-corrected chi connectivity index (χ3v) is 5.88. The summed E-state index contributed by atoms with van der Waals surface area (Å²) in [6.45, 7) is 0. The summed E-state index contributed by atoms with van der Waals surface area (Å²) in [5, 5.41) is 9.34. The van der Waals surface area contributed by atoms with Crippen molar-refractivity contribution in [3.63, 3.8) is 0 Å². The maximum atomic E-state index is 13.0. The molecule has 0 saturated carbocycles. The molecular weight excluding hydrogens is 356 g/mol. The zero-order valence-corrected chi connectivity index (χ0v) is 14.8.